The van der Waals surface area contributed by atoms with Crippen molar-refractivity contribution in [1.82, 2.24) is 9.55 Å². The van der Waals surface area contributed by atoms with Gasteiger partial charge in [-0.2, -0.15) is 0 Å². The van der Waals surface area contributed by atoms with Crippen LogP contribution in [0, 0.1) is 0 Å². The molecule has 0 N–H and O–H groups in total. The predicted molar refractivity (Wildman–Crippen MR) is 122 cm³/mol. The minimum atomic E-state index is -0.723. The van der Waals surface area contributed by atoms with Crippen molar-refractivity contribution >= 4 is 23.4 Å². The third kappa shape index (κ3) is 4.01. The number of carbonyl (C=O) groups excluding carboxylic acids is 1. The summed E-state index contributed by atoms with van der Waals surface area (Å²) in [6, 6.07) is 12.2. The number of hydrogen-bond acceptors (Lipinski definition) is 7. The van der Waals surface area contributed by atoms with Gasteiger partial charge in [0.05, 0.1) is 34.7 Å². The summed E-state index contributed by atoms with van der Waals surface area (Å²) in [5, 5.41) is 0. The van der Waals surface area contributed by atoms with Crippen LogP contribution in [0.25, 0.3) is 6.08 Å². The van der Waals surface area contributed by atoms with Crippen molar-refractivity contribution < 1.29 is 14.3 Å². The number of rotatable bonds is 5. The van der Waals surface area contributed by atoms with Crippen LogP contribution in [-0.4, -0.2) is 28.7 Å². The number of fused-ring (bicyclic) bond motifs is 1. The molecule has 3 aromatic rings. The molecule has 0 saturated heterocycles. The molecular formula is C24H23N3O4S. The number of benzene rings is 1. The van der Waals surface area contributed by atoms with E-state index in [1.54, 1.807) is 23.8 Å². The molecule has 0 radical (unpaired) electrons. The first-order valence-corrected chi connectivity index (χ1v) is 11.0. The summed E-state index contributed by atoms with van der Waals surface area (Å²) >= 11 is 1.26. The number of esters is 1. The minimum absolute atomic E-state index is 0.0807. The van der Waals surface area contributed by atoms with Crippen molar-refractivity contribution in [2.45, 2.75) is 32.9 Å². The Kier molecular flexibility index (Phi) is 6.05. The normalized spacial score (nSPS) is 16.0. The number of pyridine rings is 1. The van der Waals surface area contributed by atoms with E-state index in [-0.39, 0.29) is 11.7 Å². The fourth-order valence-corrected chi connectivity index (χ4v) is 4.68. The van der Waals surface area contributed by atoms with Gasteiger partial charge in [0.2, 0.25) is 0 Å². The highest BCUT2D eigenvalue weighted by Gasteiger charge is 2.34. The molecule has 0 aliphatic carbocycles. The van der Waals surface area contributed by atoms with Gasteiger partial charge >= 0.3 is 5.97 Å². The van der Waals surface area contributed by atoms with Crippen LogP contribution in [0.15, 0.2) is 69.7 Å². The van der Waals surface area contributed by atoms with Crippen molar-refractivity contribution in [1.29, 1.82) is 0 Å². The maximum Gasteiger partial charge on any atom is 0.338 e. The SMILES string of the molecule is COC(=O)C1=C(C)N=c2s/c(=C\c3ccccn3)c(=O)n2[C@H]1c1ccccc1OC(C)C. The van der Waals surface area contributed by atoms with E-state index < -0.39 is 12.0 Å². The van der Waals surface area contributed by atoms with Crippen molar-refractivity contribution in [3.05, 3.63) is 90.9 Å². The summed E-state index contributed by atoms with van der Waals surface area (Å²) in [4.78, 5) is 35.7. The van der Waals surface area contributed by atoms with Gasteiger partial charge in [0.1, 0.15) is 11.8 Å². The fraction of sp³-hybridized carbons (Fsp3) is 0.250. The summed E-state index contributed by atoms with van der Waals surface area (Å²) in [6.45, 7) is 5.61. The average Bonchev–Trinajstić information content (AvgIpc) is 3.07. The Balaban J connectivity index is 2.00. The Morgan fingerprint density at radius 2 is 1.94 bits per heavy atom. The molecule has 1 aliphatic rings. The maximum absolute atomic E-state index is 13.5. The standard InChI is InChI=1S/C24H23N3O4S/c1-14(2)31-18-11-6-5-10-17(18)21-20(23(29)30-4)15(3)26-24-27(21)22(28)19(32-24)13-16-9-7-8-12-25-16/h5-14,21H,1-4H3/b19-13-/t21-/m0/s1. The van der Waals surface area contributed by atoms with E-state index in [2.05, 4.69) is 9.98 Å². The molecule has 1 aromatic carbocycles. The van der Waals surface area contributed by atoms with Gasteiger partial charge in [0.25, 0.3) is 5.56 Å². The molecule has 3 heterocycles. The van der Waals surface area contributed by atoms with Crippen LogP contribution in [0.5, 0.6) is 5.75 Å². The minimum Gasteiger partial charge on any atom is -0.491 e. The van der Waals surface area contributed by atoms with Gasteiger partial charge in [-0.05, 0) is 45.0 Å². The molecule has 0 bridgehead atoms. The third-order valence-electron chi connectivity index (χ3n) is 4.97. The van der Waals surface area contributed by atoms with Crippen LogP contribution in [0.2, 0.25) is 0 Å². The fourth-order valence-electron chi connectivity index (χ4n) is 3.65. The molecule has 8 heteroatoms. The molecular weight excluding hydrogens is 426 g/mol. The summed E-state index contributed by atoms with van der Waals surface area (Å²) in [5.41, 5.74) is 1.93. The number of ether oxygens (including phenoxy) is 2. The zero-order valence-corrected chi connectivity index (χ0v) is 19.1. The molecule has 4 rings (SSSR count). The second-order valence-corrected chi connectivity index (χ2v) is 8.54. The van der Waals surface area contributed by atoms with Gasteiger partial charge in [0.15, 0.2) is 4.80 Å². The Labute approximate surface area is 189 Å². The lowest BCUT2D eigenvalue weighted by molar-refractivity contribution is -0.136. The Bertz CT molecular complexity index is 1370. The Morgan fingerprint density at radius 1 is 1.19 bits per heavy atom. The zero-order chi connectivity index (χ0) is 22.8. The number of nitrogens with zero attached hydrogens (tertiary/aromatic N) is 3. The van der Waals surface area contributed by atoms with Crippen molar-refractivity contribution in [3.8, 4) is 5.75 Å². The number of aromatic nitrogens is 2. The van der Waals surface area contributed by atoms with E-state index in [0.29, 0.717) is 37.6 Å². The number of allylic oxidation sites excluding steroid dienone is 1. The lowest BCUT2D eigenvalue weighted by atomic mass is 9.95. The number of hydrogen-bond donors (Lipinski definition) is 0. The van der Waals surface area contributed by atoms with Crippen molar-refractivity contribution in [2.24, 2.45) is 4.99 Å². The second kappa shape index (κ2) is 8.92. The van der Waals surface area contributed by atoms with E-state index in [0.717, 1.165) is 0 Å². The van der Waals surface area contributed by atoms with Gasteiger partial charge in [-0.3, -0.25) is 14.3 Å². The number of carbonyl (C=O) groups is 1. The van der Waals surface area contributed by atoms with E-state index in [1.165, 1.54) is 18.4 Å². The zero-order valence-electron chi connectivity index (χ0n) is 18.2. The third-order valence-corrected chi connectivity index (χ3v) is 5.95. The molecule has 1 atom stereocenters. The van der Waals surface area contributed by atoms with Gasteiger partial charge in [-0.15, -0.1) is 0 Å². The largest absolute Gasteiger partial charge is 0.491 e. The van der Waals surface area contributed by atoms with E-state index in [4.69, 9.17) is 9.47 Å². The van der Waals surface area contributed by atoms with E-state index in [1.807, 2.05) is 56.3 Å². The lowest BCUT2D eigenvalue weighted by Crippen LogP contribution is -2.40. The Hall–Kier alpha value is -3.52. The molecule has 32 heavy (non-hydrogen) atoms. The average molecular weight is 450 g/mol. The van der Waals surface area contributed by atoms with Crippen LogP contribution in [0.4, 0.5) is 0 Å². The van der Waals surface area contributed by atoms with Gasteiger partial charge in [0, 0.05) is 11.8 Å². The number of para-hydroxylation sites is 1. The van der Waals surface area contributed by atoms with Crippen LogP contribution < -0.4 is 19.6 Å². The van der Waals surface area contributed by atoms with E-state index >= 15 is 0 Å². The maximum atomic E-state index is 13.5. The Morgan fingerprint density at radius 3 is 2.62 bits per heavy atom. The number of thiazole rings is 1. The molecule has 2 aromatic heterocycles. The highest BCUT2D eigenvalue weighted by atomic mass is 32.1. The first-order chi connectivity index (χ1) is 15.4. The van der Waals surface area contributed by atoms with Gasteiger partial charge < -0.3 is 9.47 Å². The van der Waals surface area contributed by atoms with Crippen molar-refractivity contribution in [2.75, 3.05) is 7.11 Å². The molecule has 0 fully saturated rings. The van der Waals surface area contributed by atoms with Crippen LogP contribution in [0.1, 0.15) is 38.1 Å². The predicted octanol–water partition coefficient (Wildman–Crippen LogP) is 2.59. The topological polar surface area (TPSA) is 82.8 Å². The quantitative estimate of drug-likeness (QED) is 0.559. The molecule has 0 amide bonds. The monoisotopic (exact) mass is 449 g/mol. The molecule has 1 aliphatic heterocycles. The van der Waals surface area contributed by atoms with Crippen molar-refractivity contribution in [3.63, 3.8) is 0 Å². The first kappa shape index (κ1) is 21.7. The highest BCUT2D eigenvalue weighted by molar-refractivity contribution is 7.07. The smallest absolute Gasteiger partial charge is 0.338 e. The molecule has 164 valence electrons. The summed E-state index contributed by atoms with van der Waals surface area (Å²) in [5.74, 6) is 0.0671. The summed E-state index contributed by atoms with van der Waals surface area (Å²) in [6.07, 6.45) is 3.32. The van der Waals surface area contributed by atoms with Crippen LogP contribution >= 0.6 is 11.3 Å². The second-order valence-electron chi connectivity index (χ2n) is 7.53. The van der Waals surface area contributed by atoms with Gasteiger partial charge in [-0.1, -0.05) is 35.6 Å². The molecule has 0 unspecified atom stereocenters. The highest BCUT2D eigenvalue weighted by Crippen LogP contribution is 2.36. The molecule has 0 saturated carbocycles. The summed E-state index contributed by atoms with van der Waals surface area (Å²) < 4.78 is 13.1. The lowest BCUT2D eigenvalue weighted by Gasteiger charge is -2.26. The van der Waals surface area contributed by atoms with E-state index in [9.17, 15) is 9.59 Å². The van der Waals surface area contributed by atoms with Gasteiger partial charge in [-0.25, -0.2) is 9.79 Å². The molecule has 7 nitrogen and oxygen atoms in total. The first-order valence-electron chi connectivity index (χ1n) is 10.2. The van der Waals surface area contributed by atoms with Crippen LogP contribution in [0.3, 0.4) is 0 Å². The summed E-state index contributed by atoms with van der Waals surface area (Å²) in [7, 11) is 1.32. The molecule has 0 spiro atoms. The van der Waals surface area contributed by atoms with Crippen LogP contribution in [-0.2, 0) is 9.53 Å². The number of methoxy groups -OCH3 is 1.